The number of benzene rings is 2. The highest BCUT2D eigenvalue weighted by atomic mass is 14.2. The molecule has 0 fully saturated rings. The molecule has 2 aromatic carbocycles. The van der Waals surface area contributed by atoms with E-state index in [0.29, 0.717) is 0 Å². The fourth-order valence-electron chi connectivity index (χ4n) is 2.66. The Morgan fingerprint density at radius 2 is 0.941 bits per heavy atom. The molecule has 0 N–H and O–H groups in total. The van der Waals surface area contributed by atoms with E-state index < -0.39 is 0 Å². The zero-order valence-electron chi connectivity index (χ0n) is 9.89. The first-order valence-corrected chi connectivity index (χ1v) is 6.28. The van der Waals surface area contributed by atoms with Gasteiger partial charge < -0.3 is 0 Å². The summed E-state index contributed by atoms with van der Waals surface area (Å²) in [5, 5.41) is 0. The van der Waals surface area contributed by atoms with Gasteiger partial charge >= 0.3 is 0 Å². The van der Waals surface area contributed by atoms with Crippen molar-refractivity contribution in [1.82, 2.24) is 0 Å². The summed E-state index contributed by atoms with van der Waals surface area (Å²) < 4.78 is 0. The van der Waals surface area contributed by atoms with E-state index in [4.69, 9.17) is 0 Å². The van der Waals surface area contributed by atoms with Crippen molar-refractivity contribution in [3.05, 3.63) is 71.8 Å². The summed E-state index contributed by atoms with van der Waals surface area (Å²) in [4.78, 5) is 0. The van der Waals surface area contributed by atoms with Crippen LogP contribution in [0.1, 0.15) is 30.4 Å². The van der Waals surface area contributed by atoms with Gasteiger partial charge in [0.2, 0.25) is 0 Å². The quantitative estimate of drug-likeness (QED) is 0.683. The highest BCUT2D eigenvalue weighted by molar-refractivity contribution is 5.92. The molecule has 1 aliphatic rings. The zero-order chi connectivity index (χ0) is 11.5. The van der Waals surface area contributed by atoms with Crippen LogP contribution in [0.25, 0.3) is 11.1 Å². The van der Waals surface area contributed by atoms with Gasteiger partial charge in [0.15, 0.2) is 0 Å². The van der Waals surface area contributed by atoms with Crippen LogP contribution in [-0.2, 0) is 0 Å². The van der Waals surface area contributed by atoms with E-state index in [-0.39, 0.29) is 0 Å². The molecule has 0 aliphatic heterocycles. The van der Waals surface area contributed by atoms with Gasteiger partial charge in [0.1, 0.15) is 0 Å². The summed E-state index contributed by atoms with van der Waals surface area (Å²) in [5.41, 5.74) is 5.86. The van der Waals surface area contributed by atoms with E-state index in [1.807, 2.05) is 0 Å². The maximum atomic E-state index is 2.23. The Morgan fingerprint density at radius 3 is 1.35 bits per heavy atom. The van der Waals surface area contributed by atoms with Crippen LogP contribution in [0.3, 0.4) is 0 Å². The number of allylic oxidation sites excluding steroid dienone is 2. The van der Waals surface area contributed by atoms with Crippen LogP contribution in [0.2, 0.25) is 0 Å². The molecule has 0 amide bonds. The van der Waals surface area contributed by atoms with E-state index in [1.165, 1.54) is 41.5 Å². The van der Waals surface area contributed by atoms with Crippen molar-refractivity contribution in [1.29, 1.82) is 0 Å². The molecule has 0 saturated carbocycles. The highest BCUT2D eigenvalue weighted by Gasteiger charge is 2.16. The first kappa shape index (κ1) is 10.3. The first-order valence-electron chi connectivity index (χ1n) is 6.28. The van der Waals surface area contributed by atoms with E-state index in [0.717, 1.165) is 0 Å². The van der Waals surface area contributed by atoms with Crippen LogP contribution in [0.15, 0.2) is 60.7 Å². The van der Waals surface area contributed by atoms with Gasteiger partial charge in [0.25, 0.3) is 0 Å². The van der Waals surface area contributed by atoms with Crippen molar-refractivity contribution in [2.75, 3.05) is 0 Å². The minimum Gasteiger partial charge on any atom is -0.0622 e. The second-order valence-electron chi connectivity index (χ2n) is 4.54. The van der Waals surface area contributed by atoms with Gasteiger partial charge in [-0.05, 0) is 41.5 Å². The average Bonchev–Trinajstić information content (AvgIpc) is 2.90. The van der Waals surface area contributed by atoms with E-state index in [9.17, 15) is 0 Å². The second-order valence-corrected chi connectivity index (χ2v) is 4.54. The summed E-state index contributed by atoms with van der Waals surface area (Å²) in [7, 11) is 0. The molecule has 2 aromatic rings. The Morgan fingerprint density at radius 1 is 0.529 bits per heavy atom. The van der Waals surface area contributed by atoms with Gasteiger partial charge in [-0.15, -0.1) is 0 Å². The van der Waals surface area contributed by atoms with Crippen LogP contribution < -0.4 is 0 Å². The van der Waals surface area contributed by atoms with Crippen molar-refractivity contribution in [2.24, 2.45) is 0 Å². The molecule has 0 spiro atoms. The molecule has 17 heavy (non-hydrogen) atoms. The minimum atomic E-state index is 1.22. The van der Waals surface area contributed by atoms with Crippen LogP contribution >= 0.6 is 0 Å². The Kier molecular flexibility index (Phi) is 2.79. The van der Waals surface area contributed by atoms with Gasteiger partial charge in [-0.3, -0.25) is 0 Å². The third-order valence-electron chi connectivity index (χ3n) is 3.46. The summed E-state index contributed by atoms with van der Waals surface area (Å²) in [5.74, 6) is 0. The lowest BCUT2D eigenvalue weighted by atomic mass is 9.97. The molecular weight excluding hydrogens is 204 g/mol. The molecular formula is C17H16. The summed E-state index contributed by atoms with van der Waals surface area (Å²) >= 11 is 0. The molecule has 0 heteroatoms. The van der Waals surface area contributed by atoms with Crippen molar-refractivity contribution in [3.63, 3.8) is 0 Å². The molecule has 0 radical (unpaired) electrons. The summed E-state index contributed by atoms with van der Waals surface area (Å²) in [6.45, 7) is 0. The van der Waals surface area contributed by atoms with Crippen LogP contribution in [0, 0.1) is 0 Å². The Bertz CT molecular complexity index is 471. The third-order valence-corrected chi connectivity index (χ3v) is 3.46. The minimum absolute atomic E-state index is 1.22. The van der Waals surface area contributed by atoms with E-state index >= 15 is 0 Å². The number of rotatable bonds is 2. The molecule has 0 atom stereocenters. The lowest BCUT2D eigenvalue weighted by molar-refractivity contribution is 0.942. The topological polar surface area (TPSA) is 0 Å². The fourth-order valence-corrected chi connectivity index (χ4v) is 2.66. The Balaban J connectivity index is 2.08. The van der Waals surface area contributed by atoms with E-state index in [1.54, 1.807) is 0 Å². The molecule has 0 unspecified atom stereocenters. The van der Waals surface area contributed by atoms with Gasteiger partial charge in [-0.2, -0.15) is 0 Å². The van der Waals surface area contributed by atoms with Gasteiger partial charge in [0, 0.05) is 0 Å². The highest BCUT2D eigenvalue weighted by Crippen LogP contribution is 2.39. The Labute approximate surface area is 103 Å². The number of hydrogen-bond donors (Lipinski definition) is 0. The molecule has 0 bridgehead atoms. The maximum absolute atomic E-state index is 2.23. The normalized spacial score (nSPS) is 15.3. The molecule has 0 saturated heterocycles. The molecule has 84 valence electrons. The molecule has 1 aliphatic carbocycles. The summed E-state index contributed by atoms with van der Waals surface area (Å²) in [6.07, 6.45) is 3.72. The van der Waals surface area contributed by atoms with Crippen LogP contribution in [0.4, 0.5) is 0 Å². The third kappa shape index (κ3) is 2.03. The monoisotopic (exact) mass is 220 g/mol. The smallest absolute Gasteiger partial charge is 0.0222 e. The predicted molar refractivity (Wildman–Crippen MR) is 73.5 cm³/mol. The van der Waals surface area contributed by atoms with E-state index in [2.05, 4.69) is 60.7 Å². The lowest BCUT2D eigenvalue weighted by Crippen LogP contribution is -1.85. The summed E-state index contributed by atoms with van der Waals surface area (Å²) in [6, 6.07) is 21.6. The molecule has 0 nitrogen and oxygen atoms in total. The van der Waals surface area contributed by atoms with Gasteiger partial charge in [-0.1, -0.05) is 60.7 Å². The predicted octanol–water partition coefficient (Wildman–Crippen LogP) is 4.78. The zero-order valence-corrected chi connectivity index (χ0v) is 9.89. The standard InChI is InChI=1S/C17H16/c1-3-8-14(9-4-1)16-12-7-13-17(16)15-10-5-2-6-11-15/h1-6,8-11H,7,12-13H2. The van der Waals surface area contributed by atoms with Crippen molar-refractivity contribution >= 4 is 11.1 Å². The average molecular weight is 220 g/mol. The first-order chi connectivity index (χ1) is 8.45. The van der Waals surface area contributed by atoms with Crippen molar-refractivity contribution in [2.45, 2.75) is 19.3 Å². The lowest BCUT2D eigenvalue weighted by Gasteiger charge is -2.08. The largest absolute Gasteiger partial charge is 0.0622 e. The van der Waals surface area contributed by atoms with Gasteiger partial charge in [-0.25, -0.2) is 0 Å². The molecule has 3 rings (SSSR count). The Hall–Kier alpha value is -1.82. The van der Waals surface area contributed by atoms with Crippen LogP contribution in [-0.4, -0.2) is 0 Å². The van der Waals surface area contributed by atoms with Crippen molar-refractivity contribution < 1.29 is 0 Å². The fraction of sp³-hybridized carbons (Fsp3) is 0.176. The van der Waals surface area contributed by atoms with Gasteiger partial charge in [0.05, 0.1) is 0 Å². The molecule has 0 heterocycles. The second kappa shape index (κ2) is 4.58. The van der Waals surface area contributed by atoms with Crippen molar-refractivity contribution in [3.8, 4) is 0 Å². The SMILES string of the molecule is c1ccc(C2=C(c3ccccc3)CCC2)cc1. The maximum Gasteiger partial charge on any atom is -0.0222 e. The number of hydrogen-bond acceptors (Lipinski definition) is 0. The molecule has 0 aromatic heterocycles. The van der Waals surface area contributed by atoms with Crippen LogP contribution in [0.5, 0.6) is 0 Å².